The van der Waals surface area contributed by atoms with Gasteiger partial charge in [-0.15, -0.1) is 0 Å². The highest BCUT2D eigenvalue weighted by Gasteiger charge is 2.35. The lowest BCUT2D eigenvalue weighted by Crippen LogP contribution is -2.52. The Morgan fingerprint density at radius 2 is 1.84 bits per heavy atom. The molecule has 19 heavy (non-hydrogen) atoms. The lowest BCUT2D eigenvalue weighted by atomic mass is 9.76. The van der Waals surface area contributed by atoms with Crippen LogP contribution in [0.2, 0.25) is 0 Å². The largest absolute Gasteiger partial charge is 0.391 e. The lowest BCUT2D eigenvalue weighted by molar-refractivity contribution is -0.129. The number of nitrogens with two attached hydrogens (primary N) is 1. The maximum Gasteiger partial charge on any atom is 0.225 e. The summed E-state index contributed by atoms with van der Waals surface area (Å²) in [6.45, 7) is 2.12. The second-order valence-corrected chi connectivity index (χ2v) is 6.42. The van der Waals surface area contributed by atoms with Crippen molar-refractivity contribution in [3.05, 3.63) is 0 Å². The molecule has 2 rings (SSSR count). The zero-order valence-corrected chi connectivity index (χ0v) is 12.0. The molecule has 0 aromatic rings. The number of carbonyl (C=O) groups is 1. The average Bonchev–Trinajstić information content (AvgIpc) is 2.55. The Bertz CT molecular complexity index is 299. The van der Waals surface area contributed by atoms with Crippen LogP contribution in [-0.2, 0) is 4.79 Å². The fourth-order valence-corrected chi connectivity index (χ4v) is 3.64. The number of hydrogen-bond donors (Lipinski definition) is 3. The number of aliphatic hydroxyl groups is 1. The summed E-state index contributed by atoms with van der Waals surface area (Å²) in [5.74, 6) is 0.335. The smallest absolute Gasteiger partial charge is 0.225 e. The maximum atomic E-state index is 12.4. The van der Waals surface area contributed by atoms with Gasteiger partial charge >= 0.3 is 0 Å². The summed E-state index contributed by atoms with van der Waals surface area (Å²) in [6.07, 6.45) is 7.76. The van der Waals surface area contributed by atoms with Crippen LogP contribution in [0.5, 0.6) is 0 Å². The van der Waals surface area contributed by atoms with Crippen molar-refractivity contribution in [1.82, 2.24) is 5.32 Å². The van der Waals surface area contributed by atoms with Gasteiger partial charge < -0.3 is 16.2 Å². The highest BCUT2D eigenvalue weighted by atomic mass is 16.3. The molecule has 4 heteroatoms. The van der Waals surface area contributed by atoms with Crippen molar-refractivity contribution in [3.63, 3.8) is 0 Å². The van der Waals surface area contributed by atoms with Crippen LogP contribution in [0.25, 0.3) is 0 Å². The molecule has 2 saturated carbocycles. The summed E-state index contributed by atoms with van der Waals surface area (Å²) in [4.78, 5) is 12.4. The molecule has 0 aromatic heterocycles. The predicted molar refractivity (Wildman–Crippen MR) is 75.5 cm³/mol. The minimum atomic E-state index is -0.387. The van der Waals surface area contributed by atoms with E-state index in [-0.39, 0.29) is 30.0 Å². The summed E-state index contributed by atoms with van der Waals surface area (Å²) < 4.78 is 0. The van der Waals surface area contributed by atoms with Gasteiger partial charge in [-0.2, -0.15) is 0 Å². The number of amides is 1. The van der Waals surface area contributed by atoms with Gasteiger partial charge in [-0.25, -0.2) is 0 Å². The van der Waals surface area contributed by atoms with Gasteiger partial charge in [-0.05, 0) is 31.6 Å². The van der Waals surface area contributed by atoms with E-state index in [1.165, 1.54) is 0 Å². The highest BCUT2D eigenvalue weighted by Crippen LogP contribution is 2.29. The zero-order valence-electron chi connectivity index (χ0n) is 12.0. The molecular weight excluding hydrogens is 240 g/mol. The third-order valence-electron chi connectivity index (χ3n) is 4.88. The van der Waals surface area contributed by atoms with Gasteiger partial charge in [0, 0.05) is 6.04 Å². The lowest BCUT2D eigenvalue weighted by Gasteiger charge is -2.34. The first-order valence-electron chi connectivity index (χ1n) is 7.83. The van der Waals surface area contributed by atoms with Gasteiger partial charge in [0.15, 0.2) is 0 Å². The Kier molecular flexibility index (Phi) is 5.22. The summed E-state index contributed by atoms with van der Waals surface area (Å²) in [5.41, 5.74) is 6.12. The van der Waals surface area contributed by atoms with Crippen molar-refractivity contribution in [2.24, 2.45) is 17.6 Å². The molecule has 5 atom stereocenters. The molecule has 2 aliphatic carbocycles. The second kappa shape index (κ2) is 6.71. The fraction of sp³-hybridized carbons (Fsp3) is 0.933. The van der Waals surface area contributed by atoms with Crippen molar-refractivity contribution in [2.75, 3.05) is 0 Å². The van der Waals surface area contributed by atoms with Crippen molar-refractivity contribution in [1.29, 1.82) is 0 Å². The van der Waals surface area contributed by atoms with Crippen LogP contribution >= 0.6 is 0 Å². The van der Waals surface area contributed by atoms with Crippen molar-refractivity contribution < 1.29 is 9.90 Å². The highest BCUT2D eigenvalue weighted by molar-refractivity contribution is 5.80. The van der Waals surface area contributed by atoms with Crippen LogP contribution in [0.4, 0.5) is 0 Å². The van der Waals surface area contributed by atoms with Gasteiger partial charge in [0.2, 0.25) is 5.91 Å². The monoisotopic (exact) mass is 268 g/mol. The molecule has 0 aliphatic heterocycles. The van der Waals surface area contributed by atoms with E-state index in [1.807, 2.05) is 0 Å². The van der Waals surface area contributed by atoms with Crippen LogP contribution in [0.3, 0.4) is 0 Å². The Morgan fingerprint density at radius 1 is 1.11 bits per heavy atom. The van der Waals surface area contributed by atoms with E-state index >= 15 is 0 Å². The van der Waals surface area contributed by atoms with Crippen LogP contribution in [0.15, 0.2) is 0 Å². The number of hydrogen-bond acceptors (Lipinski definition) is 3. The Labute approximate surface area is 116 Å². The van der Waals surface area contributed by atoms with Crippen molar-refractivity contribution in [2.45, 2.75) is 76.5 Å². The molecule has 1 amide bonds. The van der Waals surface area contributed by atoms with Gasteiger partial charge in [0.25, 0.3) is 0 Å². The first-order chi connectivity index (χ1) is 9.09. The van der Waals surface area contributed by atoms with Gasteiger partial charge in [0.05, 0.1) is 18.1 Å². The minimum absolute atomic E-state index is 0.0216. The predicted octanol–water partition coefficient (Wildman–Crippen LogP) is 1.56. The summed E-state index contributed by atoms with van der Waals surface area (Å²) >= 11 is 0. The van der Waals surface area contributed by atoms with Crippen LogP contribution in [-0.4, -0.2) is 29.2 Å². The first-order valence-corrected chi connectivity index (χ1v) is 7.83. The third kappa shape index (κ3) is 3.69. The molecule has 0 bridgehead atoms. The van der Waals surface area contributed by atoms with Gasteiger partial charge in [-0.3, -0.25) is 4.79 Å². The minimum Gasteiger partial charge on any atom is -0.391 e. The molecule has 5 unspecified atom stereocenters. The Hall–Kier alpha value is -0.610. The molecule has 0 spiro atoms. The Morgan fingerprint density at radius 3 is 2.58 bits per heavy atom. The van der Waals surface area contributed by atoms with E-state index in [2.05, 4.69) is 12.2 Å². The molecule has 0 radical (unpaired) electrons. The van der Waals surface area contributed by atoms with Crippen LogP contribution in [0, 0.1) is 11.8 Å². The number of rotatable bonds is 2. The van der Waals surface area contributed by atoms with E-state index < -0.39 is 0 Å². The molecule has 0 aromatic carbocycles. The molecule has 4 N–H and O–H groups in total. The normalized spacial score (nSPS) is 40.5. The van der Waals surface area contributed by atoms with E-state index in [4.69, 9.17) is 5.73 Å². The molecule has 0 heterocycles. The number of carbonyl (C=O) groups excluding carboxylic acids is 1. The Balaban J connectivity index is 1.94. The quantitative estimate of drug-likeness (QED) is 0.665. The van der Waals surface area contributed by atoms with Gasteiger partial charge in [0.1, 0.15) is 0 Å². The number of aliphatic hydroxyl groups excluding tert-OH is 1. The van der Waals surface area contributed by atoms with E-state index in [9.17, 15) is 9.90 Å². The summed E-state index contributed by atoms with van der Waals surface area (Å²) in [6, 6.07) is -0.0944. The zero-order chi connectivity index (χ0) is 13.8. The number of nitrogens with one attached hydrogen (secondary N) is 1. The van der Waals surface area contributed by atoms with Crippen LogP contribution in [0.1, 0.15) is 58.3 Å². The van der Waals surface area contributed by atoms with E-state index in [1.54, 1.807) is 0 Å². The SMILES string of the molecule is CC1CCCC(N)C1C(=O)NC1CCCCCC1O. The van der Waals surface area contributed by atoms with E-state index in [0.717, 1.165) is 51.4 Å². The third-order valence-corrected chi connectivity index (χ3v) is 4.88. The van der Waals surface area contributed by atoms with Crippen LogP contribution < -0.4 is 11.1 Å². The first kappa shape index (κ1) is 14.8. The summed E-state index contributed by atoms with van der Waals surface area (Å²) in [5, 5.41) is 13.2. The molecule has 4 nitrogen and oxygen atoms in total. The molecule has 0 saturated heterocycles. The summed E-state index contributed by atoms with van der Waals surface area (Å²) in [7, 11) is 0. The topological polar surface area (TPSA) is 75.4 Å². The van der Waals surface area contributed by atoms with E-state index in [0.29, 0.717) is 5.92 Å². The standard InChI is InChI=1S/C15H28N2O2/c1-10-6-5-7-11(16)14(10)15(19)17-12-8-3-2-4-9-13(12)18/h10-14,18H,2-9,16H2,1H3,(H,17,19). The fourth-order valence-electron chi connectivity index (χ4n) is 3.64. The van der Waals surface area contributed by atoms with Crippen molar-refractivity contribution in [3.8, 4) is 0 Å². The second-order valence-electron chi connectivity index (χ2n) is 6.42. The molecule has 110 valence electrons. The van der Waals surface area contributed by atoms with Crippen molar-refractivity contribution >= 4 is 5.91 Å². The molecular formula is C15H28N2O2. The van der Waals surface area contributed by atoms with Gasteiger partial charge in [-0.1, -0.05) is 32.6 Å². The maximum absolute atomic E-state index is 12.4. The molecule has 2 fully saturated rings. The molecule has 2 aliphatic rings. The average molecular weight is 268 g/mol.